The molecule has 0 aliphatic heterocycles. The second kappa shape index (κ2) is 7.77. The highest BCUT2D eigenvalue weighted by molar-refractivity contribution is 7.99. The molecular weight excluding hydrogens is 334 g/mol. The highest BCUT2D eigenvalue weighted by atomic mass is 32.2. The van der Waals surface area contributed by atoms with E-state index in [1.165, 1.54) is 37.1 Å². The van der Waals surface area contributed by atoms with Crippen LogP contribution in [0.2, 0.25) is 0 Å². The number of aromatic nitrogens is 3. The molecule has 2 aromatic rings. The van der Waals surface area contributed by atoms with Crippen molar-refractivity contribution in [2.75, 3.05) is 18.2 Å². The number of nitrogens with zero attached hydrogens (tertiary/aromatic N) is 3. The van der Waals surface area contributed by atoms with E-state index in [4.69, 9.17) is 4.74 Å². The van der Waals surface area contributed by atoms with Crippen molar-refractivity contribution >= 4 is 29.0 Å². The van der Waals surface area contributed by atoms with E-state index in [2.05, 4.69) is 20.5 Å². The molecule has 0 saturated carbocycles. The number of non-ortho nitro benzene ring substituents is 1. The van der Waals surface area contributed by atoms with E-state index in [-0.39, 0.29) is 29.0 Å². The lowest BCUT2D eigenvalue weighted by atomic mass is 10.2. The van der Waals surface area contributed by atoms with E-state index >= 15 is 0 Å². The Morgan fingerprint density at radius 3 is 2.83 bits per heavy atom. The van der Waals surface area contributed by atoms with Gasteiger partial charge in [0.15, 0.2) is 0 Å². The number of aromatic amines is 1. The molecule has 1 aromatic heterocycles. The number of hydrogen-bond donors (Lipinski definition) is 2. The van der Waals surface area contributed by atoms with Crippen LogP contribution in [0.1, 0.15) is 25.6 Å². The fraction of sp³-hybridized carbons (Fsp3) is 0.357. The van der Waals surface area contributed by atoms with Crippen molar-refractivity contribution in [1.29, 1.82) is 0 Å². The molecule has 0 unspecified atom stereocenters. The summed E-state index contributed by atoms with van der Waals surface area (Å²) in [7, 11) is 1.42. The van der Waals surface area contributed by atoms with Crippen molar-refractivity contribution in [3.8, 4) is 5.75 Å². The van der Waals surface area contributed by atoms with Gasteiger partial charge in [0, 0.05) is 18.1 Å². The summed E-state index contributed by atoms with van der Waals surface area (Å²) < 4.78 is 5.10. The number of benzene rings is 1. The van der Waals surface area contributed by atoms with E-state index < -0.39 is 4.92 Å². The van der Waals surface area contributed by atoms with E-state index in [0.717, 1.165) is 5.82 Å². The van der Waals surface area contributed by atoms with E-state index in [1.807, 2.05) is 13.8 Å². The Kier molecular flexibility index (Phi) is 5.74. The van der Waals surface area contributed by atoms with Gasteiger partial charge < -0.3 is 10.1 Å². The molecule has 1 aromatic carbocycles. The third-order valence-electron chi connectivity index (χ3n) is 3.03. The molecule has 0 bridgehead atoms. The molecule has 0 fully saturated rings. The average Bonchev–Trinajstić information content (AvgIpc) is 3.02. The predicted octanol–water partition coefficient (Wildman–Crippen LogP) is 2.58. The maximum atomic E-state index is 12.1. The average molecular weight is 351 g/mol. The first-order chi connectivity index (χ1) is 11.4. The number of thioether (sulfide) groups is 1. The first-order valence-corrected chi connectivity index (χ1v) is 8.06. The molecule has 2 rings (SSSR count). The number of amides is 1. The second-order valence-corrected chi connectivity index (χ2v) is 6.08. The highest BCUT2D eigenvalue weighted by Crippen LogP contribution is 2.29. The van der Waals surface area contributed by atoms with Gasteiger partial charge in [-0.3, -0.25) is 20.0 Å². The molecule has 0 spiro atoms. The Morgan fingerprint density at radius 1 is 1.50 bits per heavy atom. The van der Waals surface area contributed by atoms with Crippen LogP contribution >= 0.6 is 11.8 Å². The minimum atomic E-state index is -0.537. The van der Waals surface area contributed by atoms with Gasteiger partial charge in [-0.2, -0.15) is 0 Å². The third-order valence-corrected chi connectivity index (χ3v) is 3.88. The number of rotatable bonds is 7. The van der Waals surface area contributed by atoms with Crippen LogP contribution in [0, 0.1) is 10.1 Å². The molecular formula is C14H17N5O4S. The van der Waals surface area contributed by atoms with Crippen molar-refractivity contribution in [2.24, 2.45) is 0 Å². The molecule has 0 atom stereocenters. The fourth-order valence-electron chi connectivity index (χ4n) is 1.80. The number of anilines is 1. The quantitative estimate of drug-likeness (QED) is 0.446. The second-order valence-electron chi connectivity index (χ2n) is 5.14. The molecule has 0 saturated heterocycles. The number of carbonyl (C=O) groups excluding carboxylic acids is 1. The summed E-state index contributed by atoms with van der Waals surface area (Å²) in [6.07, 6.45) is 0. The van der Waals surface area contributed by atoms with Gasteiger partial charge >= 0.3 is 0 Å². The summed E-state index contributed by atoms with van der Waals surface area (Å²) in [5.41, 5.74) is 0.115. The first-order valence-electron chi connectivity index (χ1n) is 7.08. The Bertz CT molecular complexity index is 747. The number of hydrogen-bond acceptors (Lipinski definition) is 7. The third kappa shape index (κ3) is 4.44. The molecule has 2 N–H and O–H groups in total. The van der Waals surface area contributed by atoms with Crippen LogP contribution in [0.15, 0.2) is 23.4 Å². The van der Waals surface area contributed by atoms with Crippen LogP contribution in [-0.4, -0.2) is 38.9 Å². The molecule has 10 heteroatoms. The van der Waals surface area contributed by atoms with Crippen LogP contribution in [0.25, 0.3) is 0 Å². The van der Waals surface area contributed by atoms with Crippen LogP contribution < -0.4 is 10.1 Å². The van der Waals surface area contributed by atoms with E-state index in [9.17, 15) is 14.9 Å². The standard InChI is InChI=1S/C14H17N5O4S/c1-8(2)13-16-14(18-17-13)24-7-12(20)15-10-6-9(19(21)22)4-5-11(10)23-3/h4-6,8H,7H2,1-3H3,(H,15,20)(H,16,17,18). The van der Waals surface area contributed by atoms with Crippen LogP contribution in [0.4, 0.5) is 11.4 Å². The van der Waals surface area contributed by atoms with Crippen molar-refractivity contribution in [3.63, 3.8) is 0 Å². The van der Waals surface area contributed by atoms with Gasteiger partial charge in [0.25, 0.3) is 5.69 Å². The highest BCUT2D eigenvalue weighted by Gasteiger charge is 2.15. The maximum Gasteiger partial charge on any atom is 0.271 e. The lowest BCUT2D eigenvalue weighted by molar-refractivity contribution is -0.384. The minimum absolute atomic E-state index is 0.0707. The number of H-pyrrole nitrogens is 1. The molecule has 128 valence electrons. The fourth-order valence-corrected chi connectivity index (χ4v) is 2.41. The molecule has 1 heterocycles. The molecule has 24 heavy (non-hydrogen) atoms. The Morgan fingerprint density at radius 2 is 2.25 bits per heavy atom. The van der Waals surface area contributed by atoms with Gasteiger partial charge in [-0.1, -0.05) is 25.6 Å². The molecule has 0 aliphatic carbocycles. The summed E-state index contributed by atoms with van der Waals surface area (Å²) in [6, 6.07) is 4.00. The van der Waals surface area contributed by atoms with E-state index in [0.29, 0.717) is 10.9 Å². The van der Waals surface area contributed by atoms with Crippen molar-refractivity contribution in [2.45, 2.75) is 24.9 Å². The van der Waals surface area contributed by atoms with Crippen molar-refractivity contribution in [1.82, 2.24) is 15.2 Å². The van der Waals surface area contributed by atoms with Gasteiger partial charge in [0.1, 0.15) is 11.6 Å². The predicted molar refractivity (Wildman–Crippen MR) is 89.5 cm³/mol. The van der Waals surface area contributed by atoms with Crippen molar-refractivity contribution < 1.29 is 14.5 Å². The van der Waals surface area contributed by atoms with Crippen molar-refractivity contribution in [3.05, 3.63) is 34.1 Å². The van der Waals surface area contributed by atoms with Crippen LogP contribution in [0.5, 0.6) is 5.75 Å². The van der Waals surface area contributed by atoms with Crippen LogP contribution in [-0.2, 0) is 4.79 Å². The van der Waals surface area contributed by atoms with Gasteiger partial charge in [-0.25, -0.2) is 4.98 Å². The molecule has 0 radical (unpaired) electrons. The number of carbonyl (C=O) groups is 1. The summed E-state index contributed by atoms with van der Waals surface area (Å²) >= 11 is 1.17. The topological polar surface area (TPSA) is 123 Å². The summed E-state index contributed by atoms with van der Waals surface area (Å²) in [6.45, 7) is 3.96. The molecule has 1 amide bonds. The summed E-state index contributed by atoms with van der Waals surface area (Å²) in [5.74, 6) is 1.04. The summed E-state index contributed by atoms with van der Waals surface area (Å²) in [5, 5.41) is 20.7. The number of methoxy groups -OCH3 is 1. The zero-order valence-electron chi connectivity index (χ0n) is 13.4. The number of ether oxygens (including phenoxy) is 1. The zero-order chi connectivity index (χ0) is 17.7. The number of nitrogens with one attached hydrogen (secondary N) is 2. The minimum Gasteiger partial charge on any atom is -0.495 e. The van der Waals surface area contributed by atoms with Gasteiger partial charge in [-0.15, -0.1) is 5.10 Å². The lowest BCUT2D eigenvalue weighted by Crippen LogP contribution is -2.15. The van der Waals surface area contributed by atoms with Gasteiger partial charge in [0.05, 0.1) is 23.5 Å². The Hall–Kier alpha value is -2.62. The van der Waals surface area contributed by atoms with Crippen LogP contribution in [0.3, 0.4) is 0 Å². The smallest absolute Gasteiger partial charge is 0.271 e. The normalized spacial score (nSPS) is 10.7. The number of nitro groups is 1. The summed E-state index contributed by atoms with van der Waals surface area (Å²) in [4.78, 5) is 26.6. The Labute approximate surface area is 142 Å². The lowest BCUT2D eigenvalue weighted by Gasteiger charge is -2.09. The maximum absolute atomic E-state index is 12.1. The SMILES string of the molecule is COc1ccc([N+](=O)[O-])cc1NC(=O)CSc1n[nH]c(C(C)C)n1. The monoisotopic (exact) mass is 351 g/mol. The first kappa shape index (κ1) is 17.7. The molecule has 0 aliphatic rings. The van der Waals surface area contributed by atoms with E-state index in [1.54, 1.807) is 0 Å². The van der Waals surface area contributed by atoms with Gasteiger partial charge in [0.2, 0.25) is 11.1 Å². The van der Waals surface area contributed by atoms with Gasteiger partial charge in [-0.05, 0) is 6.07 Å². The molecule has 9 nitrogen and oxygen atoms in total. The Balaban J connectivity index is 2.00. The zero-order valence-corrected chi connectivity index (χ0v) is 14.2. The largest absolute Gasteiger partial charge is 0.495 e. The number of nitro benzene ring substituents is 1.